The molecule has 2 aromatic carbocycles. The van der Waals surface area contributed by atoms with Gasteiger partial charge in [-0.2, -0.15) is 0 Å². The number of likely N-dealkylation sites (tertiary alicyclic amines) is 1. The third-order valence-electron chi connectivity index (χ3n) is 5.25. The van der Waals surface area contributed by atoms with Crippen molar-refractivity contribution in [1.29, 1.82) is 0 Å². The van der Waals surface area contributed by atoms with Gasteiger partial charge in [-0.1, -0.05) is 30.2 Å². The molecule has 0 radical (unpaired) electrons. The third kappa shape index (κ3) is 6.71. The zero-order valence-corrected chi connectivity index (χ0v) is 18.2. The molecule has 0 aromatic heterocycles. The Kier molecular flexibility index (Phi) is 7.57. The van der Waals surface area contributed by atoms with E-state index in [1.807, 2.05) is 18.2 Å². The second-order valence-electron chi connectivity index (χ2n) is 7.69. The number of halogens is 1. The predicted molar refractivity (Wildman–Crippen MR) is 115 cm³/mol. The fourth-order valence-electron chi connectivity index (χ4n) is 3.77. The van der Waals surface area contributed by atoms with Gasteiger partial charge >= 0.3 is 0 Å². The van der Waals surface area contributed by atoms with Crippen molar-refractivity contribution in [3.63, 3.8) is 0 Å². The van der Waals surface area contributed by atoms with E-state index < -0.39 is 15.9 Å². The maximum absolute atomic E-state index is 11.5. The van der Waals surface area contributed by atoms with Crippen LogP contribution in [0.15, 0.2) is 53.4 Å². The lowest BCUT2D eigenvalue weighted by Crippen LogP contribution is -2.46. The number of aliphatic hydroxyl groups is 1. The molecule has 1 saturated heterocycles. The molecular formula is C22H28ClNO4S. The maximum atomic E-state index is 11.5. The molecule has 1 heterocycles. The molecule has 3 rings (SSSR count). The standard InChI is InChI=1S/C22H28ClNO4S/c1-29(26,27)22-10-8-21(9-11-22)28-16-20(25)15-24-12-3-2-7-19(24)14-17-5-4-6-18(23)13-17/h4-6,8-11,13,19-20,25H,2-3,7,12,14-16H2,1H3/t19-,20?/m0/s1. The monoisotopic (exact) mass is 437 g/mol. The Hall–Kier alpha value is -1.60. The summed E-state index contributed by atoms with van der Waals surface area (Å²) >= 11 is 6.11. The molecule has 2 aromatic rings. The Labute approximate surface area is 178 Å². The molecule has 0 bridgehead atoms. The summed E-state index contributed by atoms with van der Waals surface area (Å²) in [5, 5.41) is 11.2. The van der Waals surface area contributed by atoms with Gasteiger partial charge in [0.1, 0.15) is 18.5 Å². The summed E-state index contributed by atoms with van der Waals surface area (Å²) in [7, 11) is -3.22. The van der Waals surface area contributed by atoms with Crippen LogP contribution in [0.25, 0.3) is 0 Å². The molecule has 158 valence electrons. The summed E-state index contributed by atoms with van der Waals surface area (Å²) in [6.07, 6.45) is 4.90. The van der Waals surface area contributed by atoms with Gasteiger partial charge in [0.05, 0.1) is 4.90 Å². The first kappa shape index (κ1) is 22.1. The van der Waals surface area contributed by atoms with Crippen LogP contribution in [0.5, 0.6) is 5.75 Å². The number of β-amino-alcohol motifs (C(OH)–C–C–N with tert-alkyl or cyclic N) is 1. The molecule has 0 aliphatic carbocycles. The van der Waals surface area contributed by atoms with Crippen LogP contribution in [0.1, 0.15) is 24.8 Å². The molecule has 0 spiro atoms. The van der Waals surface area contributed by atoms with E-state index in [0.29, 0.717) is 18.3 Å². The number of hydrogen-bond donors (Lipinski definition) is 1. The molecular weight excluding hydrogens is 410 g/mol. The number of rotatable bonds is 8. The molecule has 1 aliphatic heterocycles. The molecule has 1 aliphatic rings. The predicted octanol–water partition coefficient (Wildman–Crippen LogP) is 3.58. The minimum Gasteiger partial charge on any atom is -0.491 e. The van der Waals surface area contributed by atoms with Gasteiger partial charge in [0.15, 0.2) is 9.84 Å². The Bertz CT molecular complexity index is 901. The lowest BCUT2D eigenvalue weighted by atomic mass is 9.95. The van der Waals surface area contributed by atoms with Crippen molar-refractivity contribution in [2.24, 2.45) is 0 Å². The van der Waals surface area contributed by atoms with Crippen molar-refractivity contribution in [2.45, 2.75) is 42.7 Å². The van der Waals surface area contributed by atoms with Crippen molar-refractivity contribution < 1.29 is 18.3 Å². The van der Waals surface area contributed by atoms with Crippen molar-refractivity contribution in [1.82, 2.24) is 4.90 Å². The topological polar surface area (TPSA) is 66.8 Å². The van der Waals surface area contributed by atoms with E-state index in [-0.39, 0.29) is 11.5 Å². The second-order valence-corrected chi connectivity index (χ2v) is 10.1. The normalized spacial score (nSPS) is 19.1. The number of sulfone groups is 1. The van der Waals surface area contributed by atoms with Crippen LogP contribution in [0.4, 0.5) is 0 Å². The average Bonchev–Trinajstić information content (AvgIpc) is 2.68. The fraction of sp³-hybridized carbons (Fsp3) is 0.455. The summed E-state index contributed by atoms with van der Waals surface area (Å²) in [4.78, 5) is 2.59. The lowest BCUT2D eigenvalue weighted by Gasteiger charge is -2.37. The summed E-state index contributed by atoms with van der Waals surface area (Å²) in [6, 6.07) is 14.6. The molecule has 1 unspecified atom stereocenters. The third-order valence-corrected chi connectivity index (χ3v) is 6.61. The number of piperidine rings is 1. The molecule has 29 heavy (non-hydrogen) atoms. The molecule has 0 amide bonds. The van der Waals surface area contributed by atoms with Crippen LogP contribution in [-0.4, -0.2) is 56.5 Å². The second kappa shape index (κ2) is 9.94. The molecule has 1 N–H and O–H groups in total. The van der Waals surface area contributed by atoms with Crippen LogP contribution in [0, 0.1) is 0 Å². The average molecular weight is 438 g/mol. The smallest absolute Gasteiger partial charge is 0.175 e. The van der Waals surface area contributed by atoms with Crippen LogP contribution in [0.2, 0.25) is 5.02 Å². The number of hydrogen-bond acceptors (Lipinski definition) is 5. The fourth-order valence-corrected chi connectivity index (χ4v) is 4.61. The number of aliphatic hydroxyl groups excluding tert-OH is 1. The first-order chi connectivity index (χ1) is 13.8. The van der Waals surface area contributed by atoms with Crippen molar-refractivity contribution >= 4 is 21.4 Å². The quantitative estimate of drug-likeness (QED) is 0.683. The number of ether oxygens (including phenoxy) is 1. The lowest BCUT2D eigenvalue weighted by molar-refractivity contribution is 0.0397. The van der Waals surface area contributed by atoms with Crippen molar-refractivity contribution in [3.8, 4) is 5.75 Å². The van der Waals surface area contributed by atoms with Gasteiger partial charge in [0.2, 0.25) is 0 Å². The van der Waals surface area contributed by atoms with E-state index in [1.165, 1.54) is 30.4 Å². The zero-order chi connectivity index (χ0) is 20.9. The Morgan fingerprint density at radius 2 is 1.97 bits per heavy atom. The van der Waals surface area contributed by atoms with E-state index in [9.17, 15) is 13.5 Å². The molecule has 2 atom stereocenters. The Balaban J connectivity index is 1.53. The largest absolute Gasteiger partial charge is 0.491 e. The molecule has 1 fully saturated rings. The molecule has 5 nitrogen and oxygen atoms in total. The van der Waals surface area contributed by atoms with Gasteiger partial charge in [-0.05, 0) is 67.8 Å². The summed E-state index contributed by atoms with van der Waals surface area (Å²) in [5.74, 6) is 0.547. The summed E-state index contributed by atoms with van der Waals surface area (Å²) < 4.78 is 28.7. The van der Waals surface area contributed by atoms with Crippen molar-refractivity contribution in [3.05, 3.63) is 59.1 Å². The van der Waals surface area contributed by atoms with Gasteiger partial charge in [-0.3, -0.25) is 4.90 Å². The SMILES string of the molecule is CS(=O)(=O)c1ccc(OCC(O)CN2CCCC[C@H]2Cc2cccc(Cl)c2)cc1. The number of benzene rings is 2. The van der Waals surface area contributed by atoms with Gasteiger partial charge in [0.25, 0.3) is 0 Å². The van der Waals surface area contributed by atoms with Crippen LogP contribution < -0.4 is 4.74 Å². The van der Waals surface area contributed by atoms with Crippen LogP contribution in [0.3, 0.4) is 0 Å². The highest BCUT2D eigenvalue weighted by Gasteiger charge is 2.25. The minimum atomic E-state index is -3.22. The molecule has 7 heteroatoms. The maximum Gasteiger partial charge on any atom is 0.175 e. The highest BCUT2D eigenvalue weighted by atomic mass is 35.5. The van der Waals surface area contributed by atoms with Gasteiger partial charge in [0, 0.05) is 23.9 Å². The first-order valence-electron chi connectivity index (χ1n) is 9.91. The molecule has 0 saturated carbocycles. The van der Waals surface area contributed by atoms with E-state index in [0.717, 1.165) is 30.8 Å². The van der Waals surface area contributed by atoms with Gasteiger partial charge < -0.3 is 9.84 Å². The first-order valence-corrected chi connectivity index (χ1v) is 12.2. The van der Waals surface area contributed by atoms with E-state index in [2.05, 4.69) is 11.0 Å². The van der Waals surface area contributed by atoms with Crippen molar-refractivity contribution in [2.75, 3.05) is 26.0 Å². The Morgan fingerprint density at radius 1 is 1.21 bits per heavy atom. The van der Waals surface area contributed by atoms with E-state index in [1.54, 1.807) is 12.1 Å². The Morgan fingerprint density at radius 3 is 2.66 bits per heavy atom. The van der Waals surface area contributed by atoms with Crippen LogP contribution >= 0.6 is 11.6 Å². The van der Waals surface area contributed by atoms with E-state index in [4.69, 9.17) is 16.3 Å². The highest BCUT2D eigenvalue weighted by Crippen LogP contribution is 2.23. The summed E-state index contributed by atoms with van der Waals surface area (Å²) in [5.41, 5.74) is 1.21. The van der Waals surface area contributed by atoms with Gasteiger partial charge in [-0.25, -0.2) is 8.42 Å². The minimum absolute atomic E-state index is 0.165. The summed E-state index contributed by atoms with van der Waals surface area (Å²) in [6.45, 7) is 1.68. The van der Waals surface area contributed by atoms with Gasteiger partial charge in [-0.15, -0.1) is 0 Å². The van der Waals surface area contributed by atoms with Crippen LogP contribution in [-0.2, 0) is 16.3 Å². The number of nitrogens with zero attached hydrogens (tertiary/aromatic N) is 1. The van der Waals surface area contributed by atoms with E-state index >= 15 is 0 Å². The zero-order valence-electron chi connectivity index (χ0n) is 16.6. The highest BCUT2D eigenvalue weighted by molar-refractivity contribution is 7.90.